The van der Waals surface area contributed by atoms with Crippen LogP contribution >= 0.6 is 0 Å². The molecule has 0 atom stereocenters. The Hall–Kier alpha value is -1.58. The second kappa shape index (κ2) is 6.38. The van der Waals surface area contributed by atoms with Crippen LogP contribution in [0.1, 0.15) is 38.5 Å². The Bertz CT molecular complexity index is 425. The van der Waals surface area contributed by atoms with Crippen LogP contribution in [0.25, 0.3) is 0 Å². The number of rotatable bonds is 3. The van der Waals surface area contributed by atoms with E-state index in [4.69, 9.17) is 0 Å². The quantitative estimate of drug-likeness (QED) is 0.827. The molecular weight excluding hydrogens is 228 g/mol. The van der Waals surface area contributed by atoms with Gasteiger partial charge in [-0.25, -0.2) is 0 Å². The SMILES string of the molecule is O=C(Cn1ccc(=O)cc1)NC1CCCCCC1. The van der Waals surface area contributed by atoms with E-state index in [0.29, 0.717) is 6.04 Å². The maximum atomic E-state index is 11.9. The fraction of sp³-hybridized carbons (Fsp3) is 0.571. The van der Waals surface area contributed by atoms with Crippen LogP contribution in [0.4, 0.5) is 0 Å². The summed E-state index contributed by atoms with van der Waals surface area (Å²) in [4.78, 5) is 22.8. The van der Waals surface area contributed by atoms with Gasteiger partial charge in [0.25, 0.3) is 0 Å². The molecule has 98 valence electrons. The number of amides is 1. The van der Waals surface area contributed by atoms with E-state index >= 15 is 0 Å². The summed E-state index contributed by atoms with van der Waals surface area (Å²) in [6.45, 7) is 0.288. The molecule has 1 saturated carbocycles. The summed E-state index contributed by atoms with van der Waals surface area (Å²) >= 11 is 0. The van der Waals surface area contributed by atoms with E-state index in [1.54, 1.807) is 17.0 Å². The first-order valence-electron chi connectivity index (χ1n) is 6.69. The van der Waals surface area contributed by atoms with Gasteiger partial charge in [0, 0.05) is 30.6 Å². The van der Waals surface area contributed by atoms with E-state index in [0.717, 1.165) is 12.8 Å². The minimum Gasteiger partial charge on any atom is -0.352 e. The van der Waals surface area contributed by atoms with Crippen molar-refractivity contribution < 1.29 is 4.79 Å². The van der Waals surface area contributed by atoms with Crippen LogP contribution in [0, 0.1) is 0 Å². The highest BCUT2D eigenvalue weighted by Gasteiger charge is 2.14. The largest absolute Gasteiger partial charge is 0.352 e. The molecule has 1 amide bonds. The average Bonchev–Trinajstić information content (AvgIpc) is 2.61. The van der Waals surface area contributed by atoms with Crippen molar-refractivity contribution in [2.24, 2.45) is 0 Å². The Balaban J connectivity index is 1.84. The van der Waals surface area contributed by atoms with Gasteiger partial charge in [0.15, 0.2) is 5.43 Å². The molecule has 2 rings (SSSR count). The maximum absolute atomic E-state index is 11.9. The lowest BCUT2D eigenvalue weighted by atomic mass is 10.1. The molecule has 1 aromatic heterocycles. The topological polar surface area (TPSA) is 51.1 Å². The zero-order valence-electron chi connectivity index (χ0n) is 10.6. The Labute approximate surface area is 107 Å². The molecule has 18 heavy (non-hydrogen) atoms. The second-order valence-corrected chi connectivity index (χ2v) is 4.96. The first kappa shape index (κ1) is 12.9. The molecule has 4 heteroatoms. The predicted octanol–water partition coefficient (Wildman–Crippen LogP) is 1.69. The van der Waals surface area contributed by atoms with Gasteiger partial charge in [0.05, 0.1) is 0 Å². The number of aromatic nitrogens is 1. The van der Waals surface area contributed by atoms with Crippen LogP contribution in [0.2, 0.25) is 0 Å². The molecule has 0 saturated heterocycles. The number of nitrogens with one attached hydrogen (secondary N) is 1. The lowest BCUT2D eigenvalue weighted by molar-refractivity contribution is -0.122. The molecule has 1 heterocycles. The number of hydrogen-bond donors (Lipinski definition) is 1. The van der Waals surface area contributed by atoms with Crippen LogP contribution in [0.15, 0.2) is 29.3 Å². The zero-order chi connectivity index (χ0) is 12.8. The third-order valence-corrected chi connectivity index (χ3v) is 3.41. The summed E-state index contributed by atoms with van der Waals surface area (Å²) in [5.41, 5.74) is -0.0320. The normalized spacial score (nSPS) is 17.1. The van der Waals surface area contributed by atoms with Crippen molar-refractivity contribution in [3.63, 3.8) is 0 Å². The molecule has 0 spiro atoms. The summed E-state index contributed by atoms with van der Waals surface area (Å²) in [5.74, 6) is 0.0329. The molecule has 0 aromatic carbocycles. The minimum atomic E-state index is -0.0320. The van der Waals surface area contributed by atoms with E-state index in [2.05, 4.69) is 5.32 Å². The van der Waals surface area contributed by atoms with Crippen molar-refractivity contribution >= 4 is 5.91 Å². The van der Waals surface area contributed by atoms with Gasteiger partial charge in [-0.1, -0.05) is 25.7 Å². The summed E-state index contributed by atoms with van der Waals surface area (Å²) in [5, 5.41) is 3.08. The molecular formula is C14H20N2O2. The van der Waals surface area contributed by atoms with Crippen LogP contribution in [0.5, 0.6) is 0 Å². The Kier molecular flexibility index (Phi) is 4.56. The third-order valence-electron chi connectivity index (χ3n) is 3.41. The third kappa shape index (κ3) is 4.02. The van der Waals surface area contributed by atoms with Gasteiger partial charge in [-0.05, 0) is 12.8 Å². The summed E-state index contributed by atoms with van der Waals surface area (Å²) in [7, 11) is 0. The molecule has 0 unspecified atom stereocenters. The van der Waals surface area contributed by atoms with Crippen molar-refractivity contribution in [1.29, 1.82) is 0 Å². The van der Waals surface area contributed by atoms with Gasteiger partial charge in [0.1, 0.15) is 6.54 Å². The number of hydrogen-bond acceptors (Lipinski definition) is 2. The van der Waals surface area contributed by atoms with Crippen molar-refractivity contribution in [3.8, 4) is 0 Å². The van der Waals surface area contributed by atoms with Crippen LogP contribution < -0.4 is 10.7 Å². The monoisotopic (exact) mass is 248 g/mol. The summed E-state index contributed by atoms with van der Waals surface area (Å²) < 4.78 is 1.73. The number of nitrogens with zero attached hydrogens (tertiary/aromatic N) is 1. The van der Waals surface area contributed by atoms with Crippen LogP contribution in [0.3, 0.4) is 0 Å². The molecule has 4 nitrogen and oxygen atoms in total. The van der Waals surface area contributed by atoms with Crippen molar-refractivity contribution in [3.05, 3.63) is 34.7 Å². The molecule has 0 bridgehead atoms. The van der Waals surface area contributed by atoms with E-state index in [1.807, 2.05) is 0 Å². The summed E-state index contributed by atoms with van der Waals surface area (Å²) in [6.07, 6.45) is 10.5. The smallest absolute Gasteiger partial charge is 0.240 e. The Morgan fingerprint density at radius 3 is 2.39 bits per heavy atom. The van der Waals surface area contributed by atoms with Crippen LogP contribution in [-0.4, -0.2) is 16.5 Å². The van der Waals surface area contributed by atoms with Crippen molar-refractivity contribution in [1.82, 2.24) is 9.88 Å². The second-order valence-electron chi connectivity index (χ2n) is 4.96. The zero-order valence-corrected chi connectivity index (χ0v) is 10.6. The summed E-state index contributed by atoms with van der Waals surface area (Å²) in [6, 6.07) is 3.28. The first-order chi connectivity index (χ1) is 8.74. The van der Waals surface area contributed by atoms with Gasteiger partial charge >= 0.3 is 0 Å². The highest BCUT2D eigenvalue weighted by atomic mass is 16.2. The highest BCUT2D eigenvalue weighted by molar-refractivity contribution is 5.76. The fourth-order valence-corrected chi connectivity index (χ4v) is 2.41. The number of pyridine rings is 1. The van der Waals surface area contributed by atoms with Gasteiger partial charge in [-0.15, -0.1) is 0 Å². The van der Waals surface area contributed by atoms with E-state index < -0.39 is 0 Å². The molecule has 0 radical (unpaired) electrons. The van der Waals surface area contributed by atoms with E-state index in [9.17, 15) is 9.59 Å². The predicted molar refractivity (Wildman–Crippen MR) is 70.3 cm³/mol. The maximum Gasteiger partial charge on any atom is 0.240 e. The molecule has 0 aliphatic heterocycles. The van der Waals surface area contributed by atoms with Crippen LogP contribution in [-0.2, 0) is 11.3 Å². The molecule has 1 aliphatic carbocycles. The molecule has 1 aromatic rings. The van der Waals surface area contributed by atoms with E-state index in [1.165, 1.54) is 37.8 Å². The Morgan fingerprint density at radius 1 is 1.17 bits per heavy atom. The highest BCUT2D eigenvalue weighted by Crippen LogP contribution is 2.17. The minimum absolute atomic E-state index is 0.0320. The fourth-order valence-electron chi connectivity index (χ4n) is 2.41. The lowest BCUT2D eigenvalue weighted by Crippen LogP contribution is -2.36. The first-order valence-corrected chi connectivity index (χ1v) is 6.69. The average molecular weight is 248 g/mol. The molecule has 1 fully saturated rings. The van der Waals surface area contributed by atoms with E-state index in [-0.39, 0.29) is 17.9 Å². The van der Waals surface area contributed by atoms with Crippen molar-refractivity contribution in [2.75, 3.05) is 0 Å². The van der Waals surface area contributed by atoms with Gasteiger partial charge in [-0.2, -0.15) is 0 Å². The van der Waals surface area contributed by atoms with Gasteiger partial charge in [0.2, 0.25) is 5.91 Å². The molecule has 1 aliphatic rings. The van der Waals surface area contributed by atoms with Gasteiger partial charge in [-0.3, -0.25) is 9.59 Å². The van der Waals surface area contributed by atoms with Gasteiger partial charge < -0.3 is 9.88 Å². The lowest BCUT2D eigenvalue weighted by Gasteiger charge is -2.16. The van der Waals surface area contributed by atoms with Crippen molar-refractivity contribution in [2.45, 2.75) is 51.1 Å². The number of carbonyl (C=O) groups is 1. The number of carbonyl (C=O) groups excluding carboxylic acids is 1. The molecule has 1 N–H and O–H groups in total. The standard InChI is InChI=1S/C14H20N2O2/c17-13-7-9-16(10-8-13)11-14(18)15-12-5-3-1-2-4-6-12/h7-10,12H,1-6,11H2,(H,15,18). The Morgan fingerprint density at radius 2 is 1.78 bits per heavy atom.